The van der Waals surface area contributed by atoms with Gasteiger partial charge in [-0.2, -0.15) is 0 Å². The molecule has 0 spiro atoms. The van der Waals surface area contributed by atoms with Gasteiger partial charge >= 0.3 is 0 Å². The third kappa shape index (κ3) is 3.61. The maximum Gasteiger partial charge on any atom is 0.161 e. The van der Waals surface area contributed by atoms with Crippen molar-refractivity contribution in [2.45, 2.75) is 12.6 Å². The molecular weight excluding hydrogens is 296 g/mol. The Balaban J connectivity index is 1.58. The van der Waals surface area contributed by atoms with Crippen molar-refractivity contribution in [2.75, 3.05) is 33.9 Å². The van der Waals surface area contributed by atoms with Crippen LogP contribution >= 0.6 is 11.3 Å². The van der Waals surface area contributed by atoms with Crippen LogP contribution in [0, 0.1) is 0 Å². The van der Waals surface area contributed by atoms with Crippen molar-refractivity contribution in [1.82, 2.24) is 10.2 Å². The zero-order chi connectivity index (χ0) is 15.4. The Kier molecular flexibility index (Phi) is 4.97. The Morgan fingerprint density at radius 2 is 2.00 bits per heavy atom. The van der Waals surface area contributed by atoms with Gasteiger partial charge in [0.2, 0.25) is 0 Å². The lowest BCUT2D eigenvalue weighted by molar-refractivity contribution is 0.171. The van der Waals surface area contributed by atoms with Crippen LogP contribution < -0.4 is 14.8 Å². The molecule has 0 fully saturated rings. The second-order valence-corrected chi connectivity index (χ2v) is 6.58. The number of hydrogen-bond donors (Lipinski definition) is 1. The molecule has 1 atom stereocenters. The zero-order valence-electron chi connectivity index (χ0n) is 13.0. The molecule has 0 bridgehead atoms. The third-order valence-electron chi connectivity index (χ3n) is 3.77. The van der Waals surface area contributed by atoms with Gasteiger partial charge in [0.05, 0.1) is 6.04 Å². The number of hydrogen-bond acceptors (Lipinski definition) is 5. The topological polar surface area (TPSA) is 33.7 Å². The lowest BCUT2D eigenvalue weighted by atomic mass is 10.1. The number of likely N-dealkylation sites (N-methyl/N-ethyl adjacent to an activating group) is 1. The van der Waals surface area contributed by atoms with E-state index in [0.29, 0.717) is 19.3 Å². The van der Waals surface area contributed by atoms with Gasteiger partial charge in [-0.15, -0.1) is 11.3 Å². The van der Waals surface area contributed by atoms with Crippen molar-refractivity contribution < 1.29 is 9.47 Å². The summed E-state index contributed by atoms with van der Waals surface area (Å²) in [5.74, 6) is 1.70. The first-order valence-corrected chi connectivity index (χ1v) is 8.41. The van der Waals surface area contributed by atoms with Crippen molar-refractivity contribution >= 4 is 11.3 Å². The average Bonchev–Trinajstić information content (AvgIpc) is 3.05. The molecule has 0 radical (unpaired) electrons. The van der Waals surface area contributed by atoms with Crippen LogP contribution in [0.4, 0.5) is 0 Å². The van der Waals surface area contributed by atoms with E-state index in [2.05, 4.69) is 54.0 Å². The lowest BCUT2D eigenvalue weighted by Gasteiger charge is -2.24. The van der Waals surface area contributed by atoms with Crippen LogP contribution in [-0.2, 0) is 6.54 Å². The Morgan fingerprint density at radius 3 is 2.73 bits per heavy atom. The SMILES string of the molecule is CN(C)C(CNCc1ccc2c(c1)OCCO2)c1cccs1. The van der Waals surface area contributed by atoms with E-state index in [9.17, 15) is 0 Å². The van der Waals surface area contributed by atoms with Gasteiger partial charge in [0.1, 0.15) is 13.2 Å². The maximum atomic E-state index is 5.63. The largest absolute Gasteiger partial charge is 0.486 e. The summed E-state index contributed by atoms with van der Waals surface area (Å²) in [5.41, 5.74) is 1.22. The molecule has 5 heteroatoms. The molecule has 1 unspecified atom stereocenters. The molecule has 1 N–H and O–H groups in total. The van der Waals surface area contributed by atoms with Crippen LogP contribution in [0.15, 0.2) is 35.7 Å². The molecule has 1 aliphatic heterocycles. The van der Waals surface area contributed by atoms with Crippen LogP contribution in [-0.4, -0.2) is 38.8 Å². The van der Waals surface area contributed by atoms with E-state index in [0.717, 1.165) is 24.6 Å². The second kappa shape index (κ2) is 7.13. The smallest absolute Gasteiger partial charge is 0.161 e. The second-order valence-electron chi connectivity index (χ2n) is 5.60. The summed E-state index contributed by atoms with van der Waals surface area (Å²) in [4.78, 5) is 3.64. The highest BCUT2D eigenvalue weighted by Crippen LogP contribution is 2.30. The average molecular weight is 318 g/mol. The number of thiophene rings is 1. The van der Waals surface area contributed by atoms with Crippen LogP contribution in [0.5, 0.6) is 11.5 Å². The number of benzene rings is 1. The van der Waals surface area contributed by atoms with Gasteiger partial charge in [-0.25, -0.2) is 0 Å². The third-order valence-corrected chi connectivity index (χ3v) is 4.74. The minimum atomic E-state index is 0.400. The fraction of sp³-hybridized carbons (Fsp3) is 0.412. The molecular formula is C17H22N2O2S. The predicted molar refractivity (Wildman–Crippen MR) is 89.9 cm³/mol. The monoisotopic (exact) mass is 318 g/mol. The van der Waals surface area contributed by atoms with Crippen LogP contribution in [0.1, 0.15) is 16.5 Å². The molecule has 1 aliphatic rings. The molecule has 1 aromatic carbocycles. The Hall–Kier alpha value is -1.56. The van der Waals surface area contributed by atoms with Gasteiger partial charge in [0, 0.05) is 18.0 Å². The highest BCUT2D eigenvalue weighted by atomic mass is 32.1. The number of rotatable bonds is 6. The summed E-state index contributed by atoms with van der Waals surface area (Å²) in [6.45, 7) is 3.01. The molecule has 1 aromatic heterocycles. The van der Waals surface area contributed by atoms with E-state index in [1.165, 1.54) is 10.4 Å². The molecule has 0 aliphatic carbocycles. The van der Waals surface area contributed by atoms with Crippen LogP contribution in [0.25, 0.3) is 0 Å². The highest BCUT2D eigenvalue weighted by Gasteiger charge is 2.15. The normalized spacial score (nSPS) is 15.0. The first-order valence-electron chi connectivity index (χ1n) is 7.53. The fourth-order valence-electron chi connectivity index (χ4n) is 2.57. The van der Waals surface area contributed by atoms with Gasteiger partial charge in [0.15, 0.2) is 11.5 Å². The Bertz CT molecular complexity index is 599. The quantitative estimate of drug-likeness (QED) is 0.888. The first kappa shape index (κ1) is 15.3. The standard InChI is InChI=1S/C17H22N2O2S/c1-19(2)14(17-4-3-9-22-17)12-18-11-13-5-6-15-16(10-13)21-8-7-20-15/h3-6,9-10,14,18H,7-8,11-12H2,1-2H3. The van der Waals surface area contributed by atoms with E-state index in [1.54, 1.807) is 11.3 Å². The summed E-state index contributed by atoms with van der Waals surface area (Å²) in [6.07, 6.45) is 0. The van der Waals surface area contributed by atoms with Crippen molar-refractivity contribution in [2.24, 2.45) is 0 Å². The number of nitrogens with zero attached hydrogens (tertiary/aromatic N) is 1. The first-order chi connectivity index (χ1) is 10.7. The van der Waals surface area contributed by atoms with Gasteiger partial charge in [-0.3, -0.25) is 0 Å². The predicted octanol–water partition coefficient (Wildman–Crippen LogP) is 2.91. The highest BCUT2D eigenvalue weighted by molar-refractivity contribution is 7.10. The molecule has 0 saturated heterocycles. The molecule has 2 heterocycles. The molecule has 3 rings (SSSR count). The molecule has 0 saturated carbocycles. The van der Waals surface area contributed by atoms with Crippen LogP contribution in [0.2, 0.25) is 0 Å². The van der Waals surface area contributed by atoms with E-state index in [1.807, 2.05) is 6.07 Å². The molecule has 118 valence electrons. The van der Waals surface area contributed by atoms with E-state index < -0.39 is 0 Å². The molecule has 2 aromatic rings. The number of ether oxygens (including phenoxy) is 2. The van der Waals surface area contributed by atoms with Gasteiger partial charge in [-0.1, -0.05) is 12.1 Å². The van der Waals surface area contributed by atoms with E-state index >= 15 is 0 Å². The van der Waals surface area contributed by atoms with Crippen molar-refractivity contribution in [3.63, 3.8) is 0 Å². The number of fused-ring (bicyclic) bond motifs is 1. The van der Waals surface area contributed by atoms with Crippen molar-refractivity contribution in [3.05, 3.63) is 46.2 Å². The summed E-state index contributed by atoms with van der Waals surface area (Å²) >= 11 is 1.81. The summed E-state index contributed by atoms with van der Waals surface area (Å²) in [5, 5.41) is 5.68. The Morgan fingerprint density at radius 1 is 1.18 bits per heavy atom. The minimum Gasteiger partial charge on any atom is -0.486 e. The molecule has 22 heavy (non-hydrogen) atoms. The molecule has 0 amide bonds. The Labute approximate surface area is 135 Å². The van der Waals surface area contributed by atoms with Crippen molar-refractivity contribution in [1.29, 1.82) is 0 Å². The van der Waals surface area contributed by atoms with E-state index in [-0.39, 0.29) is 0 Å². The van der Waals surface area contributed by atoms with Gasteiger partial charge < -0.3 is 19.7 Å². The lowest BCUT2D eigenvalue weighted by Crippen LogP contribution is -2.30. The zero-order valence-corrected chi connectivity index (χ0v) is 13.9. The minimum absolute atomic E-state index is 0.400. The maximum absolute atomic E-state index is 5.63. The van der Waals surface area contributed by atoms with Crippen molar-refractivity contribution in [3.8, 4) is 11.5 Å². The van der Waals surface area contributed by atoms with E-state index in [4.69, 9.17) is 9.47 Å². The fourth-order valence-corrected chi connectivity index (χ4v) is 3.49. The van der Waals surface area contributed by atoms with Crippen LogP contribution in [0.3, 0.4) is 0 Å². The molecule has 4 nitrogen and oxygen atoms in total. The van der Waals surface area contributed by atoms with Gasteiger partial charge in [-0.05, 0) is 43.2 Å². The summed E-state index contributed by atoms with van der Waals surface area (Å²) in [6, 6.07) is 10.9. The van der Waals surface area contributed by atoms with Gasteiger partial charge in [0.25, 0.3) is 0 Å². The summed E-state index contributed by atoms with van der Waals surface area (Å²) < 4.78 is 11.2. The number of nitrogens with one attached hydrogen (secondary N) is 1. The summed E-state index contributed by atoms with van der Waals surface area (Å²) in [7, 11) is 4.24.